The normalized spacial score (nSPS) is 18.7. The van der Waals surface area contributed by atoms with Crippen molar-refractivity contribution in [2.75, 3.05) is 13.1 Å². The Kier molecular flexibility index (Phi) is 2.85. The smallest absolute Gasteiger partial charge is 0.253 e. The first kappa shape index (κ1) is 12.3. The Bertz CT molecular complexity index is 602. The molecule has 3 nitrogen and oxygen atoms in total. The minimum absolute atomic E-state index is 0.159. The molecule has 3 rings (SSSR count). The summed E-state index contributed by atoms with van der Waals surface area (Å²) >= 11 is 0. The monoisotopic (exact) mass is 256 g/mol. The molecule has 1 fully saturated rings. The first-order valence-corrected chi connectivity index (χ1v) is 6.92. The molecule has 1 N–H and O–H groups in total. The highest BCUT2D eigenvalue weighted by Crippen LogP contribution is 2.30. The van der Waals surface area contributed by atoms with Crippen LogP contribution in [0.15, 0.2) is 30.5 Å². The van der Waals surface area contributed by atoms with E-state index in [1.165, 1.54) is 0 Å². The molecule has 0 saturated carbocycles. The number of nitrogens with one attached hydrogen (secondary N) is 1. The van der Waals surface area contributed by atoms with Crippen molar-refractivity contribution >= 4 is 16.8 Å². The second-order valence-corrected chi connectivity index (χ2v) is 6.24. The summed E-state index contributed by atoms with van der Waals surface area (Å²) in [7, 11) is 0. The maximum Gasteiger partial charge on any atom is 0.253 e. The number of rotatable bonds is 1. The summed E-state index contributed by atoms with van der Waals surface area (Å²) in [6.07, 6.45) is 4.08. The molecule has 1 aromatic carbocycles. The number of aromatic amines is 1. The van der Waals surface area contributed by atoms with Crippen LogP contribution in [0, 0.1) is 5.41 Å². The fraction of sp³-hybridized carbons (Fsp3) is 0.438. The summed E-state index contributed by atoms with van der Waals surface area (Å²) in [6.45, 7) is 6.29. The van der Waals surface area contributed by atoms with Crippen LogP contribution in [-0.4, -0.2) is 28.9 Å². The number of H-pyrrole nitrogens is 1. The van der Waals surface area contributed by atoms with Crippen LogP contribution in [-0.2, 0) is 0 Å². The maximum absolute atomic E-state index is 12.5. The van der Waals surface area contributed by atoms with Crippen LogP contribution in [0.25, 0.3) is 10.9 Å². The van der Waals surface area contributed by atoms with Crippen LogP contribution in [0.4, 0.5) is 0 Å². The average molecular weight is 256 g/mol. The van der Waals surface area contributed by atoms with Gasteiger partial charge in [-0.15, -0.1) is 0 Å². The Hall–Kier alpha value is -1.77. The quantitative estimate of drug-likeness (QED) is 0.833. The van der Waals surface area contributed by atoms with Crippen molar-refractivity contribution in [2.24, 2.45) is 5.41 Å². The third-order valence-corrected chi connectivity index (χ3v) is 4.21. The molecule has 0 unspecified atom stereocenters. The molecule has 0 radical (unpaired) electrons. The molecular weight excluding hydrogens is 236 g/mol. The molecule has 2 aromatic rings. The molecule has 1 aliphatic heterocycles. The number of hydrogen-bond donors (Lipinski definition) is 1. The van der Waals surface area contributed by atoms with Crippen LogP contribution in [0.3, 0.4) is 0 Å². The van der Waals surface area contributed by atoms with Crippen LogP contribution in [0.5, 0.6) is 0 Å². The lowest BCUT2D eigenvalue weighted by atomic mass is 9.82. The Balaban J connectivity index is 1.80. The van der Waals surface area contributed by atoms with Gasteiger partial charge in [-0.3, -0.25) is 4.79 Å². The van der Waals surface area contributed by atoms with E-state index in [9.17, 15) is 4.79 Å². The molecule has 19 heavy (non-hydrogen) atoms. The molecule has 0 aliphatic carbocycles. The molecule has 1 saturated heterocycles. The van der Waals surface area contributed by atoms with Crippen molar-refractivity contribution < 1.29 is 4.79 Å². The minimum atomic E-state index is 0.159. The van der Waals surface area contributed by atoms with Crippen molar-refractivity contribution in [1.82, 2.24) is 9.88 Å². The van der Waals surface area contributed by atoms with Gasteiger partial charge in [-0.1, -0.05) is 19.9 Å². The Labute approximate surface area is 113 Å². The van der Waals surface area contributed by atoms with Crippen molar-refractivity contribution in [3.8, 4) is 0 Å². The lowest BCUT2D eigenvalue weighted by Crippen LogP contribution is -2.41. The largest absolute Gasteiger partial charge is 0.361 e. The van der Waals surface area contributed by atoms with Gasteiger partial charge in [0.15, 0.2) is 0 Å². The van der Waals surface area contributed by atoms with E-state index in [4.69, 9.17) is 0 Å². The average Bonchev–Trinajstić information content (AvgIpc) is 2.85. The number of carbonyl (C=O) groups is 1. The number of hydrogen-bond acceptors (Lipinski definition) is 1. The van der Waals surface area contributed by atoms with Gasteiger partial charge in [0.25, 0.3) is 5.91 Å². The topological polar surface area (TPSA) is 36.1 Å². The van der Waals surface area contributed by atoms with E-state index in [2.05, 4.69) is 18.8 Å². The summed E-state index contributed by atoms with van der Waals surface area (Å²) in [6, 6.07) is 7.91. The summed E-state index contributed by atoms with van der Waals surface area (Å²) in [5.74, 6) is 0.159. The van der Waals surface area contributed by atoms with E-state index in [1.54, 1.807) is 0 Å². The predicted octanol–water partition coefficient (Wildman–Crippen LogP) is 3.43. The van der Waals surface area contributed by atoms with Crippen molar-refractivity contribution in [3.63, 3.8) is 0 Å². The van der Waals surface area contributed by atoms with Gasteiger partial charge in [-0.05, 0) is 41.8 Å². The van der Waals surface area contributed by atoms with E-state index in [-0.39, 0.29) is 5.91 Å². The van der Waals surface area contributed by atoms with E-state index < -0.39 is 0 Å². The maximum atomic E-state index is 12.5. The third kappa shape index (κ3) is 2.37. The number of fused-ring (bicyclic) bond motifs is 1. The third-order valence-electron chi connectivity index (χ3n) is 4.21. The molecule has 1 amide bonds. The lowest BCUT2D eigenvalue weighted by molar-refractivity contribution is 0.0630. The highest BCUT2D eigenvalue weighted by Gasteiger charge is 2.28. The van der Waals surface area contributed by atoms with Crippen molar-refractivity contribution in [3.05, 3.63) is 36.0 Å². The molecule has 3 heteroatoms. The Morgan fingerprint density at radius 1 is 1.21 bits per heavy atom. The zero-order chi connectivity index (χ0) is 13.5. The lowest BCUT2D eigenvalue weighted by Gasteiger charge is -2.36. The number of likely N-dealkylation sites (tertiary alicyclic amines) is 1. The number of benzene rings is 1. The summed E-state index contributed by atoms with van der Waals surface area (Å²) in [5.41, 5.74) is 2.19. The fourth-order valence-electron chi connectivity index (χ4n) is 2.68. The Morgan fingerprint density at radius 2 is 1.95 bits per heavy atom. The molecule has 0 spiro atoms. The fourth-order valence-corrected chi connectivity index (χ4v) is 2.68. The predicted molar refractivity (Wildman–Crippen MR) is 77.2 cm³/mol. The van der Waals surface area contributed by atoms with Crippen molar-refractivity contribution in [1.29, 1.82) is 0 Å². The van der Waals surface area contributed by atoms with Crippen LogP contribution < -0.4 is 0 Å². The second kappa shape index (κ2) is 4.41. The SMILES string of the molecule is CC1(C)CCN(C(=O)c2ccc3cc[nH]c3c2)CC1. The standard InChI is InChI=1S/C16H20N2O/c1-16(2)6-9-18(10-7-16)15(19)13-4-3-12-5-8-17-14(12)11-13/h3-5,8,11,17H,6-7,9-10H2,1-2H3. The molecule has 100 valence electrons. The van der Waals surface area contributed by atoms with Gasteiger partial charge < -0.3 is 9.88 Å². The van der Waals surface area contributed by atoms with E-state index in [1.807, 2.05) is 35.4 Å². The first-order chi connectivity index (χ1) is 9.05. The van der Waals surface area contributed by atoms with Crippen molar-refractivity contribution in [2.45, 2.75) is 26.7 Å². The van der Waals surface area contributed by atoms with E-state index in [0.29, 0.717) is 5.41 Å². The van der Waals surface area contributed by atoms with Gasteiger partial charge in [0.2, 0.25) is 0 Å². The summed E-state index contributed by atoms with van der Waals surface area (Å²) in [4.78, 5) is 17.6. The molecule has 0 atom stereocenters. The molecule has 0 bridgehead atoms. The van der Waals surface area contributed by atoms with Crippen LogP contribution in [0.1, 0.15) is 37.0 Å². The first-order valence-electron chi connectivity index (χ1n) is 6.92. The van der Waals surface area contributed by atoms with Gasteiger partial charge in [0.05, 0.1) is 0 Å². The number of aromatic nitrogens is 1. The zero-order valence-corrected chi connectivity index (χ0v) is 11.6. The number of nitrogens with zero attached hydrogens (tertiary/aromatic N) is 1. The molecule has 1 aliphatic rings. The minimum Gasteiger partial charge on any atom is -0.361 e. The highest BCUT2D eigenvalue weighted by atomic mass is 16.2. The zero-order valence-electron chi connectivity index (χ0n) is 11.6. The molecular formula is C16H20N2O. The second-order valence-electron chi connectivity index (χ2n) is 6.24. The van der Waals surface area contributed by atoms with Gasteiger partial charge in [0.1, 0.15) is 0 Å². The number of piperidine rings is 1. The van der Waals surface area contributed by atoms with E-state index >= 15 is 0 Å². The Morgan fingerprint density at radius 3 is 2.68 bits per heavy atom. The van der Waals surface area contributed by atoms with Gasteiger partial charge in [-0.25, -0.2) is 0 Å². The molecule has 2 heterocycles. The number of carbonyl (C=O) groups excluding carboxylic acids is 1. The summed E-state index contributed by atoms with van der Waals surface area (Å²) < 4.78 is 0. The van der Waals surface area contributed by atoms with Gasteiger partial charge in [0, 0.05) is 30.4 Å². The number of amides is 1. The van der Waals surface area contributed by atoms with Gasteiger partial charge in [-0.2, -0.15) is 0 Å². The van der Waals surface area contributed by atoms with Crippen LogP contribution >= 0.6 is 0 Å². The van der Waals surface area contributed by atoms with Crippen LogP contribution in [0.2, 0.25) is 0 Å². The van der Waals surface area contributed by atoms with E-state index in [0.717, 1.165) is 42.4 Å². The summed E-state index contributed by atoms with van der Waals surface area (Å²) in [5, 5.41) is 1.15. The molecule has 1 aromatic heterocycles. The highest BCUT2D eigenvalue weighted by molar-refractivity contribution is 5.98. The van der Waals surface area contributed by atoms with Gasteiger partial charge >= 0.3 is 0 Å².